The van der Waals surface area contributed by atoms with Crippen LogP contribution < -0.4 is 10.6 Å². The molecule has 1 heterocycles. The van der Waals surface area contributed by atoms with E-state index >= 15 is 0 Å². The zero-order valence-corrected chi connectivity index (χ0v) is 19.0. The third-order valence-electron chi connectivity index (χ3n) is 4.10. The lowest BCUT2D eigenvalue weighted by atomic mass is 10.2. The molecule has 3 aromatic rings. The molecule has 0 saturated heterocycles. The number of rotatable bonds is 8. The minimum absolute atomic E-state index is 0.0260. The molecule has 3 rings (SSSR count). The highest BCUT2D eigenvalue weighted by molar-refractivity contribution is 14.1. The van der Waals surface area contributed by atoms with Crippen LogP contribution in [0.4, 0.5) is 10.1 Å². The number of aromatic nitrogens is 3. The summed E-state index contributed by atoms with van der Waals surface area (Å²) in [6, 6.07) is 13.3. The van der Waals surface area contributed by atoms with E-state index in [0.717, 1.165) is 9.26 Å². The standard InChI is InChI=1S/C20H19FIN5O2S/c1-2-27-17(11-23-19(29)15-5-3-4-6-16(15)21)25-26-20(27)30-12-18(28)24-14-9-7-13(22)8-10-14/h3-10H,2,11-12H2,1H3,(H,23,29)(H,24,28). The Morgan fingerprint density at radius 2 is 1.87 bits per heavy atom. The summed E-state index contributed by atoms with van der Waals surface area (Å²) in [4.78, 5) is 24.4. The molecule has 0 bridgehead atoms. The molecule has 30 heavy (non-hydrogen) atoms. The topological polar surface area (TPSA) is 88.9 Å². The summed E-state index contributed by atoms with van der Waals surface area (Å²) in [5, 5.41) is 14.3. The van der Waals surface area contributed by atoms with Crippen LogP contribution in [-0.2, 0) is 17.9 Å². The Hall–Kier alpha value is -2.47. The molecule has 10 heteroatoms. The smallest absolute Gasteiger partial charge is 0.254 e. The molecule has 0 spiro atoms. The Kier molecular flexibility index (Phi) is 7.80. The van der Waals surface area contributed by atoms with Crippen LogP contribution in [0.5, 0.6) is 0 Å². The van der Waals surface area contributed by atoms with Crippen molar-refractivity contribution in [1.29, 1.82) is 0 Å². The summed E-state index contributed by atoms with van der Waals surface area (Å²) >= 11 is 3.46. The molecule has 0 fully saturated rings. The van der Waals surface area contributed by atoms with Gasteiger partial charge in [-0.25, -0.2) is 4.39 Å². The summed E-state index contributed by atoms with van der Waals surface area (Å²) in [5.41, 5.74) is 0.705. The van der Waals surface area contributed by atoms with Gasteiger partial charge in [0.05, 0.1) is 17.9 Å². The van der Waals surface area contributed by atoms with Crippen molar-refractivity contribution in [3.8, 4) is 0 Å². The number of halogens is 2. The van der Waals surface area contributed by atoms with Crippen LogP contribution in [0.2, 0.25) is 0 Å². The minimum atomic E-state index is -0.581. The number of amides is 2. The highest BCUT2D eigenvalue weighted by Gasteiger charge is 2.16. The van der Waals surface area contributed by atoms with E-state index in [9.17, 15) is 14.0 Å². The lowest BCUT2D eigenvalue weighted by molar-refractivity contribution is -0.113. The fourth-order valence-electron chi connectivity index (χ4n) is 2.63. The molecule has 1 aromatic heterocycles. The van der Waals surface area contributed by atoms with E-state index in [4.69, 9.17) is 0 Å². The summed E-state index contributed by atoms with van der Waals surface area (Å²) in [6.07, 6.45) is 0. The third-order valence-corrected chi connectivity index (χ3v) is 5.78. The summed E-state index contributed by atoms with van der Waals surface area (Å²) in [6.45, 7) is 2.59. The largest absolute Gasteiger partial charge is 0.345 e. The number of thioether (sulfide) groups is 1. The highest BCUT2D eigenvalue weighted by Crippen LogP contribution is 2.18. The van der Waals surface area contributed by atoms with Gasteiger partial charge in [0.15, 0.2) is 11.0 Å². The van der Waals surface area contributed by atoms with Gasteiger partial charge in [-0.1, -0.05) is 23.9 Å². The molecule has 2 N–H and O–H groups in total. The quantitative estimate of drug-likeness (QED) is 0.337. The maximum Gasteiger partial charge on any atom is 0.254 e. The number of hydrogen-bond donors (Lipinski definition) is 2. The molecule has 0 radical (unpaired) electrons. The second kappa shape index (κ2) is 10.5. The molecular formula is C20H19FIN5O2S. The number of carbonyl (C=O) groups excluding carboxylic acids is 2. The number of carbonyl (C=O) groups is 2. The summed E-state index contributed by atoms with van der Waals surface area (Å²) in [7, 11) is 0. The van der Waals surface area contributed by atoms with E-state index in [2.05, 4.69) is 43.4 Å². The van der Waals surface area contributed by atoms with Crippen molar-refractivity contribution >= 4 is 51.9 Å². The van der Waals surface area contributed by atoms with E-state index in [0.29, 0.717) is 17.5 Å². The lowest BCUT2D eigenvalue weighted by Gasteiger charge is -2.09. The van der Waals surface area contributed by atoms with Crippen LogP contribution in [-0.4, -0.2) is 32.3 Å². The van der Waals surface area contributed by atoms with Gasteiger partial charge in [0.25, 0.3) is 5.91 Å². The van der Waals surface area contributed by atoms with Crippen LogP contribution in [0.1, 0.15) is 23.1 Å². The Morgan fingerprint density at radius 3 is 2.57 bits per heavy atom. The van der Waals surface area contributed by atoms with Crippen molar-refractivity contribution in [3.05, 3.63) is 69.3 Å². The van der Waals surface area contributed by atoms with Gasteiger partial charge in [-0.05, 0) is 65.9 Å². The summed E-state index contributed by atoms with van der Waals surface area (Å²) in [5.74, 6) is -0.553. The Morgan fingerprint density at radius 1 is 1.13 bits per heavy atom. The normalized spacial score (nSPS) is 10.6. The van der Waals surface area contributed by atoms with Crippen molar-refractivity contribution in [2.75, 3.05) is 11.1 Å². The number of benzene rings is 2. The van der Waals surface area contributed by atoms with Crippen molar-refractivity contribution in [1.82, 2.24) is 20.1 Å². The molecule has 0 aliphatic carbocycles. The van der Waals surface area contributed by atoms with E-state index in [1.807, 2.05) is 35.8 Å². The molecule has 2 amide bonds. The molecule has 0 aliphatic rings. The monoisotopic (exact) mass is 539 g/mol. The van der Waals surface area contributed by atoms with Crippen LogP contribution in [0.15, 0.2) is 53.7 Å². The molecule has 2 aromatic carbocycles. The van der Waals surface area contributed by atoms with Crippen LogP contribution in [0.25, 0.3) is 0 Å². The number of hydrogen-bond acceptors (Lipinski definition) is 5. The van der Waals surface area contributed by atoms with E-state index < -0.39 is 11.7 Å². The van der Waals surface area contributed by atoms with Gasteiger partial charge < -0.3 is 15.2 Å². The fourth-order valence-corrected chi connectivity index (χ4v) is 3.82. The van der Waals surface area contributed by atoms with Crippen LogP contribution in [0, 0.1) is 9.39 Å². The van der Waals surface area contributed by atoms with Gasteiger partial charge in [0.2, 0.25) is 5.91 Å². The Bertz CT molecular complexity index is 1040. The summed E-state index contributed by atoms with van der Waals surface area (Å²) < 4.78 is 16.6. The van der Waals surface area contributed by atoms with Gasteiger partial charge in [-0.3, -0.25) is 9.59 Å². The fraction of sp³-hybridized carbons (Fsp3) is 0.200. The predicted octanol–water partition coefficient (Wildman–Crippen LogP) is 3.70. The average Bonchev–Trinajstić information content (AvgIpc) is 3.14. The first kappa shape index (κ1) is 22.2. The Balaban J connectivity index is 1.57. The van der Waals surface area contributed by atoms with E-state index in [1.54, 1.807) is 6.07 Å². The molecule has 7 nitrogen and oxygen atoms in total. The first-order chi connectivity index (χ1) is 14.5. The van der Waals surface area contributed by atoms with Crippen molar-refractivity contribution in [2.45, 2.75) is 25.2 Å². The van der Waals surface area contributed by atoms with Crippen LogP contribution in [0.3, 0.4) is 0 Å². The molecule has 0 atom stereocenters. The van der Waals surface area contributed by atoms with Gasteiger partial charge in [0, 0.05) is 15.8 Å². The zero-order chi connectivity index (χ0) is 21.5. The van der Waals surface area contributed by atoms with Crippen molar-refractivity contribution < 1.29 is 14.0 Å². The van der Waals surface area contributed by atoms with Gasteiger partial charge >= 0.3 is 0 Å². The van der Waals surface area contributed by atoms with E-state index in [1.165, 1.54) is 30.0 Å². The number of anilines is 1. The zero-order valence-electron chi connectivity index (χ0n) is 16.1. The maximum absolute atomic E-state index is 13.7. The molecule has 156 valence electrons. The third kappa shape index (κ3) is 5.79. The average molecular weight is 539 g/mol. The number of nitrogens with one attached hydrogen (secondary N) is 2. The van der Waals surface area contributed by atoms with E-state index in [-0.39, 0.29) is 23.8 Å². The SMILES string of the molecule is CCn1c(CNC(=O)c2ccccc2F)nnc1SCC(=O)Nc1ccc(I)cc1. The first-order valence-electron chi connectivity index (χ1n) is 9.11. The van der Waals surface area contributed by atoms with Crippen LogP contribution >= 0.6 is 34.4 Å². The predicted molar refractivity (Wildman–Crippen MR) is 122 cm³/mol. The van der Waals surface area contributed by atoms with Crippen molar-refractivity contribution in [2.24, 2.45) is 0 Å². The first-order valence-corrected chi connectivity index (χ1v) is 11.2. The Labute approximate surface area is 191 Å². The molecule has 0 unspecified atom stereocenters. The maximum atomic E-state index is 13.7. The lowest BCUT2D eigenvalue weighted by Crippen LogP contribution is -2.25. The highest BCUT2D eigenvalue weighted by atomic mass is 127. The molecular weight excluding hydrogens is 520 g/mol. The number of nitrogens with zero attached hydrogens (tertiary/aromatic N) is 3. The molecule has 0 aliphatic heterocycles. The van der Waals surface area contributed by atoms with Gasteiger partial charge in [-0.2, -0.15) is 0 Å². The second-order valence-electron chi connectivity index (χ2n) is 6.15. The molecule has 0 saturated carbocycles. The minimum Gasteiger partial charge on any atom is -0.345 e. The van der Waals surface area contributed by atoms with Crippen molar-refractivity contribution in [3.63, 3.8) is 0 Å². The van der Waals surface area contributed by atoms with Gasteiger partial charge in [-0.15, -0.1) is 10.2 Å². The van der Waals surface area contributed by atoms with Gasteiger partial charge in [0.1, 0.15) is 5.82 Å². The second-order valence-corrected chi connectivity index (χ2v) is 8.34.